The van der Waals surface area contributed by atoms with Crippen LogP contribution in [0.15, 0.2) is 54.6 Å². The van der Waals surface area contributed by atoms with Crippen LogP contribution >= 0.6 is 0 Å². The molecule has 0 aliphatic heterocycles. The lowest BCUT2D eigenvalue weighted by Crippen LogP contribution is -2.40. The highest BCUT2D eigenvalue weighted by molar-refractivity contribution is 5.86. The van der Waals surface area contributed by atoms with Gasteiger partial charge >= 0.3 is 5.97 Å². The molecule has 2 aromatic rings. The van der Waals surface area contributed by atoms with E-state index in [0.717, 1.165) is 5.56 Å². The summed E-state index contributed by atoms with van der Waals surface area (Å²) in [4.78, 5) is 36.3. The lowest BCUT2D eigenvalue weighted by Gasteiger charge is -2.19. The van der Waals surface area contributed by atoms with Crippen LogP contribution in [-0.2, 0) is 25.5 Å². The number of benzene rings is 2. The molecule has 0 radical (unpaired) electrons. The lowest BCUT2D eigenvalue weighted by molar-refractivity contribution is -0.148. The molecule has 6 nitrogen and oxygen atoms in total. The minimum atomic E-state index is -0.574. The van der Waals surface area contributed by atoms with Crippen LogP contribution in [0.1, 0.15) is 37.4 Å². The molecule has 0 heterocycles. The summed E-state index contributed by atoms with van der Waals surface area (Å²) in [6.07, 6.45) is -0.310. The normalized spacial score (nSPS) is 11.6. The number of carbonyl (C=O) groups excluding carboxylic acids is 3. The molecule has 2 aromatic carbocycles. The summed E-state index contributed by atoms with van der Waals surface area (Å²) in [5.74, 6) is -1.69. The molecule has 1 unspecified atom stereocenters. The summed E-state index contributed by atoms with van der Waals surface area (Å²) in [5, 5.41) is 5.25. The molecule has 154 valence electrons. The maximum absolute atomic E-state index is 13.2. The number of rotatable bonds is 9. The van der Waals surface area contributed by atoms with Gasteiger partial charge in [-0.2, -0.15) is 0 Å². The molecule has 2 N–H and O–H groups in total. The zero-order valence-corrected chi connectivity index (χ0v) is 16.5. The second-order valence-corrected chi connectivity index (χ2v) is 6.86. The van der Waals surface area contributed by atoms with Crippen LogP contribution < -0.4 is 10.6 Å². The largest absolute Gasteiger partial charge is 0.463 e. The maximum atomic E-state index is 13.2. The van der Waals surface area contributed by atoms with Gasteiger partial charge in [-0.25, -0.2) is 4.39 Å². The molecule has 0 saturated carbocycles. The van der Waals surface area contributed by atoms with Gasteiger partial charge in [-0.15, -0.1) is 0 Å². The molecule has 0 aliphatic rings. The highest BCUT2D eigenvalue weighted by atomic mass is 19.1. The van der Waals surface area contributed by atoms with E-state index in [1.165, 1.54) is 18.2 Å². The number of ether oxygens (including phenoxy) is 1. The van der Waals surface area contributed by atoms with Crippen molar-refractivity contribution in [3.05, 3.63) is 71.5 Å². The molecule has 0 fully saturated rings. The summed E-state index contributed by atoms with van der Waals surface area (Å²) in [6, 6.07) is 14.2. The molecule has 0 spiro atoms. The Labute approximate surface area is 169 Å². The van der Waals surface area contributed by atoms with E-state index in [0.29, 0.717) is 5.56 Å². The van der Waals surface area contributed by atoms with Gasteiger partial charge in [0.15, 0.2) is 0 Å². The molecule has 29 heavy (non-hydrogen) atoms. The molecule has 0 saturated heterocycles. The van der Waals surface area contributed by atoms with E-state index in [9.17, 15) is 18.8 Å². The average molecular weight is 400 g/mol. The number of hydrogen-bond acceptors (Lipinski definition) is 4. The number of esters is 1. The summed E-state index contributed by atoms with van der Waals surface area (Å²) in [7, 11) is 0. The van der Waals surface area contributed by atoms with Crippen molar-refractivity contribution < 1.29 is 23.5 Å². The molecule has 0 bridgehead atoms. The predicted molar refractivity (Wildman–Crippen MR) is 106 cm³/mol. The van der Waals surface area contributed by atoms with Crippen LogP contribution in [0.4, 0.5) is 4.39 Å². The molecule has 0 aromatic heterocycles. The first-order valence-electron chi connectivity index (χ1n) is 9.38. The third-order valence-electron chi connectivity index (χ3n) is 3.97. The Morgan fingerprint density at radius 2 is 1.72 bits per heavy atom. The van der Waals surface area contributed by atoms with E-state index in [1.54, 1.807) is 32.0 Å². The fourth-order valence-corrected chi connectivity index (χ4v) is 2.73. The van der Waals surface area contributed by atoms with Gasteiger partial charge in [0, 0.05) is 0 Å². The number of carbonyl (C=O) groups is 3. The second kappa shape index (κ2) is 10.9. The van der Waals surface area contributed by atoms with Crippen molar-refractivity contribution in [1.82, 2.24) is 10.6 Å². The van der Waals surface area contributed by atoms with Crippen molar-refractivity contribution in [3.63, 3.8) is 0 Å². The van der Waals surface area contributed by atoms with Gasteiger partial charge in [-0.1, -0.05) is 42.5 Å². The van der Waals surface area contributed by atoms with Crippen molar-refractivity contribution in [2.24, 2.45) is 0 Å². The SMILES string of the molecule is CC(C)OC(=O)CC(NC(=O)CNC(=O)Cc1cccc(F)c1)c1ccccc1. The van der Waals surface area contributed by atoms with Gasteiger partial charge in [0.05, 0.1) is 31.5 Å². The van der Waals surface area contributed by atoms with Crippen LogP contribution in [0, 0.1) is 5.82 Å². The molecular formula is C22H25FN2O4. The summed E-state index contributed by atoms with van der Waals surface area (Å²) in [5.41, 5.74) is 1.27. The van der Waals surface area contributed by atoms with Crippen LogP contribution in [0.2, 0.25) is 0 Å². The Bertz CT molecular complexity index is 840. The fourth-order valence-electron chi connectivity index (χ4n) is 2.73. The summed E-state index contributed by atoms with van der Waals surface area (Å²) >= 11 is 0. The van der Waals surface area contributed by atoms with Crippen LogP contribution in [0.5, 0.6) is 0 Å². The molecule has 2 rings (SSSR count). The summed E-state index contributed by atoms with van der Waals surface area (Å²) < 4.78 is 18.4. The standard InChI is InChI=1S/C22H25FN2O4/c1-15(2)29-22(28)13-19(17-8-4-3-5-9-17)25-21(27)14-24-20(26)12-16-7-6-10-18(23)11-16/h3-11,15,19H,12-14H2,1-2H3,(H,24,26)(H,25,27). The third-order valence-corrected chi connectivity index (χ3v) is 3.97. The van der Waals surface area contributed by atoms with Gasteiger partial charge in [-0.3, -0.25) is 14.4 Å². The summed E-state index contributed by atoms with van der Waals surface area (Å²) in [6.45, 7) is 3.25. The van der Waals surface area contributed by atoms with Gasteiger partial charge in [-0.05, 0) is 37.1 Å². The third kappa shape index (κ3) is 8.13. The van der Waals surface area contributed by atoms with E-state index in [4.69, 9.17) is 4.74 Å². The topological polar surface area (TPSA) is 84.5 Å². The minimum Gasteiger partial charge on any atom is -0.463 e. The number of nitrogens with one attached hydrogen (secondary N) is 2. The first-order valence-corrected chi connectivity index (χ1v) is 9.38. The fraction of sp³-hybridized carbons (Fsp3) is 0.318. The number of hydrogen-bond donors (Lipinski definition) is 2. The predicted octanol–water partition coefficient (Wildman–Crippen LogP) is 2.68. The average Bonchev–Trinajstić information content (AvgIpc) is 2.66. The highest BCUT2D eigenvalue weighted by Gasteiger charge is 2.20. The van der Waals surface area contributed by atoms with Gasteiger partial charge in [0.25, 0.3) is 0 Å². The van der Waals surface area contributed by atoms with Gasteiger partial charge in [0.2, 0.25) is 11.8 Å². The van der Waals surface area contributed by atoms with Crippen molar-refractivity contribution in [3.8, 4) is 0 Å². The first kappa shape index (κ1) is 22.1. The van der Waals surface area contributed by atoms with E-state index >= 15 is 0 Å². The van der Waals surface area contributed by atoms with E-state index in [-0.39, 0.29) is 25.5 Å². The monoisotopic (exact) mass is 400 g/mol. The molecular weight excluding hydrogens is 375 g/mol. The quantitative estimate of drug-likeness (QED) is 0.634. The minimum absolute atomic E-state index is 0.0226. The van der Waals surface area contributed by atoms with Crippen molar-refractivity contribution in [2.45, 2.75) is 38.8 Å². The highest BCUT2D eigenvalue weighted by Crippen LogP contribution is 2.17. The lowest BCUT2D eigenvalue weighted by atomic mass is 10.0. The van der Waals surface area contributed by atoms with Gasteiger partial charge < -0.3 is 15.4 Å². The smallest absolute Gasteiger partial charge is 0.308 e. The molecule has 7 heteroatoms. The van der Waals surface area contributed by atoms with Crippen LogP contribution in [0.25, 0.3) is 0 Å². The number of amides is 2. The molecule has 1 atom stereocenters. The van der Waals surface area contributed by atoms with Crippen molar-refractivity contribution >= 4 is 17.8 Å². The Balaban J connectivity index is 1.91. The van der Waals surface area contributed by atoms with Gasteiger partial charge in [0.1, 0.15) is 5.82 Å². The van der Waals surface area contributed by atoms with Crippen molar-refractivity contribution in [2.75, 3.05) is 6.54 Å². The van der Waals surface area contributed by atoms with Crippen LogP contribution in [-0.4, -0.2) is 30.4 Å². The second-order valence-electron chi connectivity index (χ2n) is 6.86. The Kier molecular flexibility index (Phi) is 8.33. The number of halogens is 1. The van der Waals surface area contributed by atoms with Crippen molar-refractivity contribution in [1.29, 1.82) is 0 Å². The zero-order valence-electron chi connectivity index (χ0n) is 16.5. The van der Waals surface area contributed by atoms with E-state index in [1.807, 2.05) is 18.2 Å². The Morgan fingerprint density at radius 3 is 2.38 bits per heavy atom. The van der Waals surface area contributed by atoms with E-state index < -0.39 is 29.6 Å². The first-order chi connectivity index (χ1) is 13.8. The van der Waals surface area contributed by atoms with E-state index in [2.05, 4.69) is 10.6 Å². The Morgan fingerprint density at radius 1 is 1.00 bits per heavy atom. The molecule has 0 aliphatic carbocycles. The zero-order chi connectivity index (χ0) is 21.2. The molecule has 2 amide bonds. The Hall–Kier alpha value is -3.22. The van der Waals surface area contributed by atoms with Crippen LogP contribution in [0.3, 0.4) is 0 Å². The maximum Gasteiger partial charge on any atom is 0.308 e.